The lowest BCUT2D eigenvalue weighted by atomic mass is 10.2. The molecule has 8 heteroatoms. The van der Waals surface area contributed by atoms with Gasteiger partial charge in [0, 0.05) is 16.6 Å². The highest BCUT2D eigenvalue weighted by Gasteiger charge is 2.41. The van der Waals surface area contributed by atoms with Gasteiger partial charge in [-0.1, -0.05) is 18.2 Å². The summed E-state index contributed by atoms with van der Waals surface area (Å²) in [7, 11) is 0. The fraction of sp³-hybridized carbons (Fsp3) is 0.0909. The molecule has 1 aliphatic heterocycles. The second-order valence-corrected chi connectivity index (χ2v) is 7.28. The quantitative estimate of drug-likeness (QED) is 0.574. The minimum Gasteiger partial charge on any atom is -0.492 e. The summed E-state index contributed by atoms with van der Waals surface area (Å²) >= 11 is 1.29. The first kappa shape index (κ1) is 19.8. The number of thiophene rings is 1. The molecule has 2 aromatic carbocycles. The third-order valence-corrected chi connectivity index (χ3v) is 5.33. The highest BCUT2D eigenvalue weighted by molar-refractivity contribution is 7.11. The van der Waals surface area contributed by atoms with E-state index in [2.05, 4.69) is 5.32 Å². The predicted molar refractivity (Wildman–Crippen MR) is 111 cm³/mol. The van der Waals surface area contributed by atoms with Crippen molar-refractivity contribution < 1.29 is 23.1 Å². The monoisotopic (exact) mass is 426 g/mol. The SMILES string of the molecule is CCOc1ccccc1N1C(=O)C(Nc2ccc(F)c(F)c2)=C(c2cccs2)C1=O. The molecule has 0 radical (unpaired) electrons. The van der Waals surface area contributed by atoms with Crippen molar-refractivity contribution in [1.82, 2.24) is 0 Å². The van der Waals surface area contributed by atoms with Gasteiger partial charge in [0.2, 0.25) is 0 Å². The van der Waals surface area contributed by atoms with Gasteiger partial charge in [-0.3, -0.25) is 9.59 Å². The van der Waals surface area contributed by atoms with Gasteiger partial charge in [0.25, 0.3) is 11.8 Å². The fourth-order valence-electron chi connectivity index (χ4n) is 3.15. The van der Waals surface area contributed by atoms with E-state index in [1.165, 1.54) is 17.4 Å². The van der Waals surface area contributed by atoms with Gasteiger partial charge in [-0.05, 0) is 42.6 Å². The van der Waals surface area contributed by atoms with Crippen molar-refractivity contribution in [1.29, 1.82) is 0 Å². The number of amides is 2. The number of nitrogens with one attached hydrogen (secondary N) is 1. The zero-order valence-electron chi connectivity index (χ0n) is 15.8. The molecule has 0 aliphatic carbocycles. The van der Waals surface area contributed by atoms with E-state index in [4.69, 9.17) is 4.74 Å². The smallest absolute Gasteiger partial charge is 0.282 e. The van der Waals surface area contributed by atoms with E-state index >= 15 is 0 Å². The van der Waals surface area contributed by atoms with Gasteiger partial charge in [-0.2, -0.15) is 0 Å². The van der Waals surface area contributed by atoms with Crippen LogP contribution in [-0.2, 0) is 9.59 Å². The summed E-state index contributed by atoms with van der Waals surface area (Å²) in [6.07, 6.45) is 0. The molecule has 3 aromatic rings. The fourth-order valence-corrected chi connectivity index (χ4v) is 3.92. The number of hydrogen-bond acceptors (Lipinski definition) is 5. The molecule has 4 rings (SSSR count). The van der Waals surface area contributed by atoms with Gasteiger partial charge < -0.3 is 10.1 Å². The number of benzene rings is 2. The molecule has 0 saturated carbocycles. The van der Waals surface area contributed by atoms with Gasteiger partial charge >= 0.3 is 0 Å². The zero-order valence-corrected chi connectivity index (χ0v) is 16.6. The Balaban J connectivity index is 1.80. The van der Waals surface area contributed by atoms with Crippen LogP contribution in [0.15, 0.2) is 65.7 Å². The van der Waals surface area contributed by atoms with E-state index in [0.29, 0.717) is 22.9 Å². The zero-order chi connectivity index (χ0) is 21.3. The lowest BCUT2D eigenvalue weighted by Crippen LogP contribution is -2.32. The van der Waals surface area contributed by atoms with E-state index in [1.807, 2.05) is 0 Å². The van der Waals surface area contributed by atoms with Crippen LogP contribution in [0.4, 0.5) is 20.2 Å². The molecule has 1 aromatic heterocycles. The molecule has 2 amide bonds. The molecule has 5 nitrogen and oxygen atoms in total. The van der Waals surface area contributed by atoms with Crippen LogP contribution < -0.4 is 15.0 Å². The van der Waals surface area contributed by atoms with Crippen LogP contribution in [0.25, 0.3) is 5.57 Å². The first-order valence-electron chi connectivity index (χ1n) is 9.12. The Morgan fingerprint density at radius 1 is 1.00 bits per heavy atom. The number of carbonyl (C=O) groups is 2. The van der Waals surface area contributed by atoms with E-state index in [0.717, 1.165) is 17.0 Å². The van der Waals surface area contributed by atoms with Crippen LogP contribution in [0.3, 0.4) is 0 Å². The molecule has 1 N–H and O–H groups in total. The Bertz CT molecular complexity index is 1160. The average molecular weight is 426 g/mol. The molecule has 0 bridgehead atoms. The third kappa shape index (κ3) is 3.46. The summed E-state index contributed by atoms with van der Waals surface area (Å²) in [5.41, 5.74) is 0.607. The average Bonchev–Trinajstić information content (AvgIpc) is 3.33. The number of ether oxygens (including phenoxy) is 1. The van der Waals surface area contributed by atoms with Crippen molar-refractivity contribution in [3.8, 4) is 5.75 Å². The van der Waals surface area contributed by atoms with Crippen molar-refractivity contribution in [2.24, 2.45) is 0 Å². The Labute approximate surface area is 175 Å². The largest absolute Gasteiger partial charge is 0.492 e. The summed E-state index contributed by atoms with van der Waals surface area (Å²) in [4.78, 5) is 28.2. The molecule has 152 valence electrons. The molecule has 0 saturated heterocycles. The number of nitrogens with zero attached hydrogens (tertiary/aromatic N) is 1. The molecular formula is C22H16F2N2O3S. The Morgan fingerprint density at radius 2 is 1.80 bits per heavy atom. The minimum atomic E-state index is -1.06. The summed E-state index contributed by atoms with van der Waals surface area (Å²) in [6, 6.07) is 13.4. The van der Waals surface area contributed by atoms with Gasteiger partial charge in [0.05, 0.1) is 17.9 Å². The predicted octanol–water partition coefficient (Wildman–Crippen LogP) is 4.82. The number of halogens is 2. The number of carbonyl (C=O) groups excluding carboxylic acids is 2. The molecule has 1 aliphatic rings. The minimum absolute atomic E-state index is 0.0141. The molecule has 2 heterocycles. The number of para-hydroxylation sites is 2. The van der Waals surface area contributed by atoms with Crippen LogP contribution in [0.1, 0.15) is 11.8 Å². The second kappa shape index (κ2) is 8.08. The van der Waals surface area contributed by atoms with Crippen molar-refractivity contribution in [3.63, 3.8) is 0 Å². The van der Waals surface area contributed by atoms with Crippen LogP contribution in [0.5, 0.6) is 5.75 Å². The highest BCUT2D eigenvalue weighted by Crippen LogP contribution is 2.39. The van der Waals surface area contributed by atoms with E-state index < -0.39 is 23.4 Å². The second-order valence-electron chi connectivity index (χ2n) is 6.33. The first-order chi connectivity index (χ1) is 14.5. The maximum absolute atomic E-state index is 13.7. The summed E-state index contributed by atoms with van der Waals surface area (Å²) in [6.45, 7) is 2.16. The summed E-state index contributed by atoms with van der Waals surface area (Å²) in [5, 5.41) is 4.59. The van der Waals surface area contributed by atoms with Gasteiger partial charge in [0.15, 0.2) is 11.6 Å². The molecule has 30 heavy (non-hydrogen) atoms. The molecule has 0 spiro atoms. The van der Waals surface area contributed by atoms with E-state index in [9.17, 15) is 18.4 Å². The molecular weight excluding hydrogens is 410 g/mol. The normalized spacial score (nSPS) is 13.9. The molecule has 0 unspecified atom stereocenters. The highest BCUT2D eigenvalue weighted by atomic mass is 32.1. The Kier molecular flexibility index (Phi) is 5.33. The van der Waals surface area contributed by atoms with Crippen LogP contribution in [0.2, 0.25) is 0 Å². The third-order valence-electron chi connectivity index (χ3n) is 4.45. The van der Waals surface area contributed by atoms with Crippen LogP contribution >= 0.6 is 11.3 Å². The molecule has 0 fully saturated rings. The van der Waals surface area contributed by atoms with Crippen LogP contribution in [0, 0.1) is 11.6 Å². The first-order valence-corrected chi connectivity index (χ1v) is 10.00. The summed E-state index contributed by atoms with van der Waals surface area (Å²) in [5.74, 6) is -2.82. The number of rotatable bonds is 6. The van der Waals surface area contributed by atoms with Crippen molar-refractivity contribution in [3.05, 3.63) is 82.2 Å². The van der Waals surface area contributed by atoms with Crippen molar-refractivity contribution in [2.45, 2.75) is 6.92 Å². The van der Waals surface area contributed by atoms with E-state index in [1.54, 1.807) is 48.7 Å². The standard InChI is InChI=1S/C22H16F2N2O3S/c1-2-29-17-7-4-3-6-16(17)26-21(27)19(18-8-5-11-30-18)20(22(26)28)25-13-9-10-14(23)15(24)12-13/h3-12,25H,2H2,1H3. The maximum atomic E-state index is 13.7. The lowest BCUT2D eigenvalue weighted by Gasteiger charge is -2.19. The summed E-state index contributed by atoms with van der Waals surface area (Å²) < 4.78 is 32.5. The maximum Gasteiger partial charge on any atom is 0.282 e. The number of anilines is 2. The molecule has 0 atom stereocenters. The van der Waals surface area contributed by atoms with Crippen molar-refractivity contribution in [2.75, 3.05) is 16.8 Å². The Morgan fingerprint density at radius 3 is 2.50 bits per heavy atom. The van der Waals surface area contributed by atoms with E-state index in [-0.39, 0.29) is 17.0 Å². The number of imide groups is 1. The van der Waals surface area contributed by atoms with Crippen molar-refractivity contribution >= 4 is 40.1 Å². The lowest BCUT2D eigenvalue weighted by molar-refractivity contribution is -0.120. The van der Waals surface area contributed by atoms with Gasteiger partial charge in [0.1, 0.15) is 11.4 Å². The number of hydrogen-bond donors (Lipinski definition) is 1. The Hall–Kier alpha value is -3.52. The van der Waals surface area contributed by atoms with Crippen LogP contribution in [-0.4, -0.2) is 18.4 Å². The van der Waals surface area contributed by atoms with Gasteiger partial charge in [-0.15, -0.1) is 11.3 Å². The van der Waals surface area contributed by atoms with Gasteiger partial charge in [-0.25, -0.2) is 13.7 Å². The topological polar surface area (TPSA) is 58.6 Å².